The Labute approximate surface area is 205 Å². The van der Waals surface area contributed by atoms with Crippen LogP contribution in [0.4, 0.5) is 5.69 Å². The Morgan fingerprint density at radius 1 is 0.889 bits per heavy atom. The third-order valence-corrected chi connectivity index (χ3v) is 6.61. The first-order valence-corrected chi connectivity index (χ1v) is 11.9. The van der Waals surface area contributed by atoms with Crippen LogP contribution in [0.2, 0.25) is 0 Å². The average molecular weight is 472 g/mol. The fourth-order valence-electron chi connectivity index (χ4n) is 4.58. The van der Waals surface area contributed by atoms with Gasteiger partial charge in [-0.1, -0.05) is 12.1 Å². The third kappa shape index (κ3) is 3.60. The number of carbonyl (C=O) groups is 1. The molecule has 1 fully saturated rings. The Morgan fingerprint density at radius 3 is 2.67 bits per heavy atom. The van der Waals surface area contributed by atoms with Crippen molar-refractivity contribution >= 4 is 33.5 Å². The first kappa shape index (κ1) is 20.5. The Kier molecular flexibility index (Phi) is 4.63. The van der Waals surface area contributed by atoms with E-state index in [9.17, 15) is 4.79 Å². The summed E-state index contributed by atoms with van der Waals surface area (Å²) in [6, 6.07) is 16.2. The van der Waals surface area contributed by atoms with Gasteiger partial charge in [0.15, 0.2) is 0 Å². The van der Waals surface area contributed by atoms with Crippen LogP contribution >= 0.6 is 0 Å². The number of carbonyl (C=O) groups excluding carboxylic acids is 1. The van der Waals surface area contributed by atoms with E-state index in [1.54, 1.807) is 24.8 Å². The van der Waals surface area contributed by atoms with Gasteiger partial charge in [0.2, 0.25) is 5.91 Å². The van der Waals surface area contributed by atoms with Crippen molar-refractivity contribution in [1.29, 1.82) is 0 Å². The molecular weight excluding hydrogens is 450 g/mol. The molecule has 0 atom stereocenters. The predicted molar refractivity (Wildman–Crippen MR) is 139 cm³/mol. The van der Waals surface area contributed by atoms with Crippen molar-refractivity contribution in [3.8, 4) is 33.6 Å². The van der Waals surface area contributed by atoms with Crippen LogP contribution < -0.4 is 5.32 Å². The molecule has 0 aliphatic heterocycles. The van der Waals surface area contributed by atoms with Crippen LogP contribution in [0.25, 0.3) is 55.6 Å². The molecule has 36 heavy (non-hydrogen) atoms. The van der Waals surface area contributed by atoms with Crippen molar-refractivity contribution in [1.82, 2.24) is 30.1 Å². The van der Waals surface area contributed by atoms with Crippen LogP contribution in [0.5, 0.6) is 0 Å². The van der Waals surface area contributed by atoms with E-state index in [-0.39, 0.29) is 11.8 Å². The Bertz CT molecular complexity index is 1750. The average Bonchev–Trinajstić information content (AvgIpc) is 3.55. The lowest BCUT2D eigenvalue weighted by Crippen LogP contribution is -2.13. The maximum atomic E-state index is 12.2. The Balaban J connectivity index is 1.28. The van der Waals surface area contributed by atoms with Gasteiger partial charge in [-0.25, -0.2) is 4.98 Å². The van der Waals surface area contributed by atoms with Crippen LogP contribution in [0.1, 0.15) is 12.8 Å². The van der Waals surface area contributed by atoms with Crippen LogP contribution in [-0.4, -0.2) is 36.0 Å². The molecule has 0 spiro atoms. The standard InChI is InChI=1S/C28H21N7O/c36-28(16-3-4-16)32-20-10-19(14-30-15-20)17-5-6-24-23(11-17)26(35-34-24)25-12-22-21(7-9-31-27(22)33-25)18-2-1-8-29-13-18/h1-2,5-16H,3-4H2,(H,31,33)(H,32,36)(H,34,35). The van der Waals surface area contributed by atoms with Gasteiger partial charge in [0.25, 0.3) is 0 Å². The number of H-pyrrole nitrogens is 2. The predicted octanol–water partition coefficient (Wildman–Crippen LogP) is 5.58. The minimum absolute atomic E-state index is 0.0691. The topological polar surface area (TPSA) is 112 Å². The molecule has 7 rings (SSSR count). The molecule has 5 heterocycles. The van der Waals surface area contributed by atoms with Gasteiger partial charge in [-0.2, -0.15) is 5.10 Å². The minimum Gasteiger partial charge on any atom is -0.338 e. The number of pyridine rings is 3. The molecule has 0 unspecified atom stereocenters. The van der Waals surface area contributed by atoms with Gasteiger partial charge < -0.3 is 10.3 Å². The van der Waals surface area contributed by atoms with Crippen molar-refractivity contribution < 1.29 is 4.79 Å². The zero-order valence-electron chi connectivity index (χ0n) is 19.2. The van der Waals surface area contributed by atoms with E-state index >= 15 is 0 Å². The van der Waals surface area contributed by atoms with Gasteiger partial charge in [-0.3, -0.25) is 19.9 Å². The van der Waals surface area contributed by atoms with Crippen LogP contribution in [0, 0.1) is 5.92 Å². The molecular formula is C28H21N7O. The van der Waals surface area contributed by atoms with Gasteiger partial charge in [0, 0.05) is 52.6 Å². The highest BCUT2D eigenvalue weighted by Gasteiger charge is 2.29. The number of fused-ring (bicyclic) bond motifs is 2. The van der Waals surface area contributed by atoms with Gasteiger partial charge in [0.1, 0.15) is 11.3 Å². The number of anilines is 1. The first-order chi connectivity index (χ1) is 17.7. The fraction of sp³-hybridized carbons (Fsp3) is 0.107. The third-order valence-electron chi connectivity index (χ3n) is 6.61. The van der Waals surface area contributed by atoms with Crippen molar-refractivity contribution in [2.75, 3.05) is 5.32 Å². The van der Waals surface area contributed by atoms with E-state index in [0.29, 0.717) is 5.69 Å². The summed E-state index contributed by atoms with van der Waals surface area (Å²) in [6.45, 7) is 0. The molecule has 1 aliphatic carbocycles. The van der Waals surface area contributed by atoms with E-state index in [1.807, 2.05) is 42.6 Å². The number of amides is 1. The number of aromatic nitrogens is 6. The molecule has 1 saturated carbocycles. The molecule has 0 radical (unpaired) electrons. The number of nitrogens with zero attached hydrogens (tertiary/aromatic N) is 4. The monoisotopic (exact) mass is 471 g/mol. The lowest BCUT2D eigenvalue weighted by molar-refractivity contribution is -0.117. The number of hydrogen-bond donors (Lipinski definition) is 3. The largest absolute Gasteiger partial charge is 0.338 e. The lowest BCUT2D eigenvalue weighted by atomic mass is 10.0. The Morgan fingerprint density at radius 2 is 1.81 bits per heavy atom. The molecule has 6 aromatic rings. The summed E-state index contributed by atoms with van der Waals surface area (Å²) in [5, 5.41) is 12.7. The van der Waals surface area contributed by atoms with Crippen LogP contribution in [-0.2, 0) is 4.79 Å². The molecule has 3 N–H and O–H groups in total. The van der Waals surface area contributed by atoms with E-state index in [4.69, 9.17) is 0 Å². The molecule has 0 bridgehead atoms. The zero-order valence-corrected chi connectivity index (χ0v) is 19.2. The molecule has 8 heteroatoms. The second kappa shape index (κ2) is 8.13. The molecule has 174 valence electrons. The second-order valence-electron chi connectivity index (χ2n) is 9.10. The van der Waals surface area contributed by atoms with E-state index < -0.39 is 0 Å². The summed E-state index contributed by atoms with van der Waals surface area (Å²) < 4.78 is 0. The minimum atomic E-state index is 0.0691. The van der Waals surface area contributed by atoms with E-state index in [0.717, 1.165) is 68.4 Å². The van der Waals surface area contributed by atoms with Crippen LogP contribution in [0.15, 0.2) is 79.5 Å². The van der Waals surface area contributed by atoms with Gasteiger partial charge in [-0.05, 0) is 60.4 Å². The second-order valence-corrected chi connectivity index (χ2v) is 9.10. The summed E-state index contributed by atoms with van der Waals surface area (Å²) >= 11 is 0. The number of benzene rings is 1. The number of rotatable bonds is 5. The van der Waals surface area contributed by atoms with Crippen molar-refractivity contribution in [3.05, 3.63) is 79.5 Å². The normalized spacial score (nSPS) is 13.3. The molecule has 5 aromatic heterocycles. The molecule has 1 aromatic carbocycles. The van der Waals surface area contributed by atoms with Crippen molar-refractivity contribution in [3.63, 3.8) is 0 Å². The van der Waals surface area contributed by atoms with Gasteiger partial charge >= 0.3 is 0 Å². The lowest BCUT2D eigenvalue weighted by Gasteiger charge is -2.07. The first-order valence-electron chi connectivity index (χ1n) is 11.9. The molecule has 0 saturated heterocycles. The highest BCUT2D eigenvalue weighted by Crippen LogP contribution is 2.35. The highest BCUT2D eigenvalue weighted by molar-refractivity contribution is 6.01. The Hall–Kier alpha value is -4.85. The quantitative estimate of drug-likeness (QED) is 0.304. The highest BCUT2D eigenvalue weighted by atomic mass is 16.2. The number of hydrogen-bond acceptors (Lipinski definition) is 5. The maximum absolute atomic E-state index is 12.2. The van der Waals surface area contributed by atoms with E-state index in [1.165, 1.54) is 0 Å². The molecule has 1 aliphatic rings. The number of aromatic amines is 2. The summed E-state index contributed by atoms with van der Waals surface area (Å²) in [5.41, 5.74) is 8.13. The van der Waals surface area contributed by atoms with Gasteiger partial charge in [0.05, 0.1) is 23.1 Å². The summed E-state index contributed by atoms with van der Waals surface area (Å²) in [4.78, 5) is 28.8. The summed E-state index contributed by atoms with van der Waals surface area (Å²) in [5.74, 6) is 0.211. The smallest absolute Gasteiger partial charge is 0.227 e. The summed E-state index contributed by atoms with van der Waals surface area (Å²) in [6.07, 6.45) is 10.8. The molecule has 1 amide bonds. The SMILES string of the molecule is O=C(Nc1cncc(-c2ccc3[nH]nc(-c4cc5c(-c6cccnc6)ccnc5[nH]4)c3c2)c1)C1CC1. The molecule has 8 nitrogen and oxygen atoms in total. The zero-order chi connectivity index (χ0) is 24.1. The van der Waals surface area contributed by atoms with E-state index in [2.05, 4.69) is 47.6 Å². The summed E-state index contributed by atoms with van der Waals surface area (Å²) in [7, 11) is 0. The van der Waals surface area contributed by atoms with Gasteiger partial charge in [-0.15, -0.1) is 0 Å². The number of nitrogens with one attached hydrogen (secondary N) is 3. The maximum Gasteiger partial charge on any atom is 0.227 e. The van der Waals surface area contributed by atoms with Crippen LogP contribution in [0.3, 0.4) is 0 Å². The van der Waals surface area contributed by atoms with Crippen molar-refractivity contribution in [2.24, 2.45) is 5.92 Å². The fourth-order valence-corrected chi connectivity index (χ4v) is 4.58. The van der Waals surface area contributed by atoms with Crippen molar-refractivity contribution in [2.45, 2.75) is 12.8 Å².